The highest BCUT2D eigenvalue weighted by Crippen LogP contribution is 2.25. The summed E-state index contributed by atoms with van der Waals surface area (Å²) in [6, 6.07) is 2.85. The Kier molecular flexibility index (Phi) is 7.06. The summed E-state index contributed by atoms with van der Waals surface area (Å²) in [6.07, 6.45) is 4.40. The molecule has 0 aliphatic carbocycles. The molecule has 0 aromatic carbocycles. The number of hydrogen-bond donors (Lipinski definition) is 4. The van der Waals surface area contributed by atoms with Crippen molar-refractivity contribution >= 4 is 23.2 Å². The minimum Gasteiger partial charge on any atom is -0.365 e. The lowest BCUT2D eigenvalue weighted by Gasteiger charge is -2.19. The molecule has 7 nitrogen and oxygen atoms in total. The van der Waals surface area contributed by atoms with Crippen LogP contribution in [0.3, 0.4) is 0 Å². The van der Waals surface area contributed by atoms with Crippen LogP contribution in [0.5, 0.6) is 0 Å². The Morgan fingerprint density at radius 3 is 2.63 bits per heavy atom. The number of rotatable bonds is 9. The highest BCUT2D eigenvalue weighted by Gasteiger charge is 2.18. The van der Waals surface area contributed by atoms with E-state index in [1.165, 1.54) is 0 Å². The van der Waals surface area contributed by atoms with E-state index in [0.717, 1.165) is 36.6 Å². The number of primary amides is 1. The second kappa shape index (κ2) is 9.27. The molecule has 2 heterocycles. The number of hydrogen-bond acceptors (Lipinski definition) is 6. The summed E-state index contributed by atoms with van der Waals surface area (Å²) in [5, 5.41) is 6.04. The Hall–Kier alpha value is -2.74. The smallest absolute Gasteiger partial charge is 0.252 e. The van der Waals surface area contributed by atoms with E-state index in [1.54, 1.807) is 6.20 Å². The van der Waals surface area contributed by atoms with E-state index < -0.39 is 11.7 Å². The first kappa shape index (κ1) is 20.6. The van der Waals surface area contributed by atoms with Gasteiger partial charge in [0, 0.05) is 18.3 Å². The van der Waals surface area contributed by atoms with Crippen LogP contribution in [0.2, 0.25) is 0 Å². The van der Waals surface area contributed by atoms with Crippen molar-refractivity contribution in [3.63, 3.8) is 0 Å². The number of unbranched alkanes of at least 4 members (excludes halogenated alkanes) is 1. The molecule has 0 aliphatic heterocycles. The largest absolute Gasteiger partial charge is 0.365 e. The zero-order valence-corrected chi connectivity index (χ0v) is 16.0. The maximum Gasteiger partial charge on any atom is 0.252 e. The summed E-state index contributed by atoms with van der Waals surface area (Å²) in [5.41, 5.74) is 13.6. The molecule has 6 N–H and O–H groups in total. The van der Waals surface area contributed by atoms with Crippen LogP contribution >= 0.6 is 0 Å². The molecule has 0 saturated heterocycles. The van der Waals surface area contributed by atoms with Gasteiger partial charge in [-0.05, 0) is 38.0 Å². The molecular weight excluding hydrogens is 347 g/mol. The Balaban J connectivity index is 2.35. The van der Waals surface area contributed by atoms with Crippen LogP contribution in [0.1, 0.15) is 47.8 Å². The molecule has 0 aliphatic rings. The topological polar surface area (TPSA) is 119 Å². The van der Waals surface area contributed by atoms with Gasteiger partial charge in [-0.3, -0.25) is 9.78 Å². The minimum atomic E-state index is -0.770. The molecule has 2 aromatic rings. The van der Waals surface area contributed by atoms with Gasteiger partial charge < -0.3 is 22.1 Å². The van der Waals surface area contributed by atoms with Crippen molar-refractivity contribution in [1.29, 1.82) is 0 Å². The first-order valence-corrected chi connectivity index (χ1v) is 9.02. The number of carbonyl (C=O) groups excluding carboxylic acids is 1. The van der Waals surface area contributed by atoms with E-state index in [9.17, 15) is 9.18 Å². The quantitative estimate of drug-likeness (QED) is 0.536. The van der Waals surface area contributed by atoms with Crippen molar-refractivity contribution in [1.82, 2.24) is 9.97 Å². The predicted molar refractivity (Wildman–Crippen MR) is 106 cm³/mol. The number of aryl methyl sites for hydroxylation is 2. The van der Waals surface area contributed by atoms with Crippen molar-refractivity contribution in [2.45, 2.75) is 46.1 Å². The molecule has 27 heavy (non-hydrogen) atoms. The van der Waals surface area contributed by atoms with Gasteiger partial charge in [-0.15, -0.1) is 0 Å². The number of carbonyl (C=O) groups is 1. The Morgan fingerprint density at radius 1 is 1.30 bits per heavy atom. The van der Waals surface area contributed by atoms with Crippen LogP contribution < -0.4 is 22.1 Å². The van der Waals surface area contributed by atoms with Crippen LogP contribution in [0.25, 0.3) is 0 Å². The lowest BCUT2D eigenvalue weighted by atomic mass is 10.1. The summed E-state index contributed by atoms with van der Waals surface area (Å²) in [5.74, 6) is -1.22. The van der Waals surface area contributed by atoms with Gasteiger partial charge in [0.15, 0.2) is 11.6 Å². The maximum atomic E-state index is 14.5. The molecular formula is C19H27FN6O. The maximum absolute atomic E-state index is 14.5. The summed E-state index contributed by atoms with van der Waals surface area (Å²) in [4.78, 5) is 20.3. The van der Waals surface area contributed by atoms with Crippen molar-refractivity contribution in [3.05, 3.63) is 41.0 Å². The third-order valence-electron chi connectivity index (χ3n) is 4.38. The standard InChI is InChI=1S/C19H27FN6O/c1-4-5-6-13(9-21)24-19-16(20)8-15(17(22)27)18(26-19)25-14-7-11(2)12(3)23-10-14/h7-8,10,13H,4-6,9,21H2,1-3H3,(H2,22,27)(H2,24,25,26). The average Bonchev–Trinajstić information content (AvgIpc) is 2.63. The fourth-order valence-electron chi connectivity index (χ4n) is 2.61. The molecule has 2 aromatic heterocycles. The molecule has 0 bridgehead atoms. The number of anilines is 3. The zero-order valence-electron chi connectivity index (χ0n) is 16.0. The zero-order chi connectivity index (χ0) is 20.0. The SMILES string of the molecule is CCCCC(CN)Nc1nc(Nc2cnc(C)c(C)c2)c(C(N)=O)cc1F. The highest BCUT2D eigenvalue weighted by molar-refractivity contribution is 5.98. The number of nitrogens with zero attached hydrogens (tertiary/aromatic N) is 2. The summed E-state index contributed by atoms with van der Waals surface area (Å²) >= 11 is 0. The van der Waals surface area contributed by atoms with Crippen molar-refractivity contribution in [2.75, 3.05) is 17.2 Å². The van der Waals surface area contributed by atoms with Crippen LogP contribution in [0.15, 0.2) is 18.3 Å². The molecule has 1 amide bonds. The van der Waals surface area contributed by atoms with Crippen molar-refractivity contribution in [3.8, 4) is 0 Å². The minimum absolute atomic E-state index is 0.0332. The van der Waals surface area contributed by atoms with Crippen LogP contribution in [0.4, 0.5) is 21.7 Å². The van der Waals surface area contributed by atoms with Gasteiger partial charge in [0.1, 0.15) is 5.82 Å². The first-order valence-electron chi connectivity index (χ1n) is 9.02. The van der Waals surface area contributed by atoms with Gasteiger partial charge in [0.25, 0.3) is 5.91 Å². The van der Waals surface area contributed by atoms with E-state index in [2.05, 4.69) is 27.5 Å². The number of amides is 1. The van der Waals surface area contributed by atoms with Gasteiger partial charge in [-0.2, -0.15) is 0 Å². The van der Waals surface area contributed by atoms with Gasteiger partial charge in [-0.1, -0.05) is 19.8 Å². The fraction of sp³-hybridized carbons (Fsp3) is 0.421. The number of nitrogens with one attached hydrogen (secondary N) is 2. The Morgan fingerprint density at radius 2 is 2.04 bits per heavy atom. The normalized spacial score (nSPS) is 11.9. The van der Waals surface area contributed by atoms with Gasteiger partial charge in [0.2, 0.25) is 0 Å². The lowest BCUT2D eigenvalue weighted by molar-refractivity contribution is 0.100. The number of halogens is 1. The molecule has 1 unspecified atom stereocenters. The monoisotopic (exact) mass is 374 g/mol. The number of aromatic nitrogens is 2. The number of nitrogens with two attached hydrogens (primary N) is 2. The fourth-order valence-corrected chi connectivity index (χ4v) is 2.61. The lowest BCUT2D eigenvalue weighted by Crippen LogP contribution is -2.30. The Bertz CT molecular complexity index is 811. The molecule has 0 saturated carbocycles. The third kappa shape index (κ3) is 5.37. The van der Waals surface area contributed by atoms with E-state index in [1.807, 2.05) is 19.9 Å². The molecule has 146 valence electrons. The molecule has 1 atom stereocenters. The van der Waals surface area contributed by atoms with Crippen molar-refractivity contribution < 1.29 is 9.18 Å². The van der Waals surface area contributed by atoms with Crippen LogP contribution in [-0.2, 0) is 0 Å². The van der Waals surface area contributed by atoms with Gasteiger partial charge in [0.05, 0.1) is 17.4 Å². The van der Waals surface area contributed by atoms with Crippen molar-refractivity contribution in [2.24, 2.45) is 11.5 Å². The average molecular weight is 374 g/mol. The molecule has 0 radical (unpaired) electrons. The second-order valence-corrected chi connectivity index (χ2v) is 6.55. The molecule has 0 fully saturated rings. The Labute approximate surface area is 158 Å². The van der Waals surface area contributed by atoms with Crippen LogP contribution in [-0.4, -0.2) is 28.5 Å². The summed E-state index contributed by atoms with van der Waals surface area (Å²) in [6.45, 7) is 6.25. The first-order chi connectivity index (χ1) is 12.8. The summed E-state index contributed by atoms with van der Waals surface area (Å²) < 4.78 is 14.5. The van der Waals surface area contributed by atoms with Gasteiger partial charge in [-0.25, -0.2) is 9.37 Å². The van der Waals surface area contributed by atoms with E-state index in [0.29, 0.717) is 12.2 Å². The molecule has 0 spiro atoms. The second-order valence-electron chi connectivity index (χ2n) is 6.55. The van der Waals surface area contributed by atoms with Crippen LogP contribution in [0, 0.1) is 19.7 Å². The number of pyridine rings is 2. The third-order valence-corrected chi connectivity index (χ3v) is 4.38. The van der Waals surface area contributed by atoms with E-state index in [-0.39, 0.29) is 23.2 Å². The highest BCUT2D eigenvalue weighted by atomic mass is 19.1. The van der Waals surface area contributed by atoms with Gasteiger partial charge >= 0.3 is 0 Å². The molecule has 8 heteroatoms. The van der Waals surface area contributed by atoms with E-state index in [4.69, 9.17) is 11.5 Å². The van der Waals surface area contributed by atoms with E-state index >= 15 is 0 Å². The summed E-state index contributed by atoms with van der Waals surface area (Å²) in [7, 11) is 0. The molecule has 2 rings (SSSR count). The predicted octanol–water partition coefficient (Wildman–Crippen LogP) is 3.00.